The van der Waals surface area contributed by atoms with E-state index < -0.39 is 17.9 Å². The minimum atomic E-state index is -0.884. The van der Waals surface area contributed by atoms with E-state index in [0.717, 1.165) is 0 Å². The summed E-state index contributed by atoms with van der Waals surface area (Å²) in [6.07, 6.45) is 0. The van der Waals surface area contributed by atoms with Crippen LogP contribution < -0.4 is 5.32 Å². The largest absolute Gasteiger partial charge is 0.481 e. The number of carbonyl (C=O) groups excluding carboxylic acids is 2. The minimum absolute atomic E-state index is 0.0814. The molecule has 120 valence electrons. The Morgan fingerprint density at radius 3 is 2.29 bits per heavy atom. The second kappa shape index (κ2) is 7.28. The molecule has 1 aliphatic rings. The summed E-state index contributed by atoms with van der Waals surface area (Å²) in [4.78, 5) is 38.4. The number of rotatable bonds is 5. The van der Waals surface area contributed by atoms with Gasteiger partial charge in [0.1, 0.15) is 6.04 Å². The summed E-state index contributed by atoms with van der Waals surface area (Å²) in [6.45, 7) is 9.01. The van der Waals surface area contributed by atoms with Crippen molar-refractivity contribution in [2.24, 2.45) is 11.8 Å². The third-order valence-electron chi connectivity index (χ3n) is 4.00. The number of amides is 3. The lowest BCUT2D eigenvalue weighted by Crippen LogP contribution is -2.50. The molecular weight excluding hydrogens is 274 g/mol. The molecule has 1 rings (SSSR count). The zero-order chi connectivity index (χ0) is 16.2. The van der Waals surface area contributed by atoms with Gasteiger partial charge in [0, 0.05) is 26.2 Å². The number of nitrogens with zero attached hydrogens (tertiary/aromatic N) is 2. The van der Waals surface area contributed by atoms with Crippen molar-refractivity contribution in [1.29, 1.82) is 0 Å². The molecular formula is C14H25N3O4. The van der Waals surface area contributed by atoms with Crippen LogP contribution in [0.15, 0.2) is 0 Å². The van der Waals surface area contributed by atoms with E-state index in [1.807, 2.05) is 20.8 Å². The van der Waals surface area contributed by atoms with Crippen LogP contribution in [-0.2, 0) is 9.59 Å². The zero-order valence-corrected chi connectivity index (χ0v) is 13.1. The molecule has 0 bridgehead atoms. The van der Waals surface area contributed by atoms with Crippen LogP contribution in [0, 0.1) is 11.8 Å². The molecule has 1 heterocycles. The highest BCUT2D eigenvalue weighted by molar-refractivity contribution is 5.87. The zero-order valence-electron chi connectivity index (χ0n) is 13.1. The summed E-state index contributed by atoms with van der Waals surface area (Å²) < 4.78 is 0. The summed E-state index contributed by atoms with van der Waals surface area (Å²) in [5.41, 5.74) is 0. The SMILES string of the molecule is CCN(CC)C(=O)C(C)NC(=O)N1C[C@@H](C)[C@H](C(=O)O)C1. The van der Waals surface area contributed by atoms with Crippen molar-refractivity contribution in [2.75, 3.05) is 26.2 Å². The molecule has 3 atom stereocenters. The summed E-state index contributed by atoms with van der Waals surface area (Å²) in [6, 6.07) is -0.991. The fourth-order valence-corrected chi connectivity index (χ4v) is 2.60. The Morgan fingerprint density at radius 1 is 1.29 bits per heavy atom. The number of hydrogen-bond donors (Lipinski definition) is 2. The molecule has 7 nitrogen and oxygen atoms in total. The Kier molecular flexibility index (Phi) is 5.99. The van der Waals surface area contributed by atoms with Crippen LogP contribution in [0.3, 0.4) is 0 Å². The van der Waals surface area contributed by atoms with E-state index in [1.165, 1.54) is 4.90 Å². The van der Waals surface area contributed by atoms with Gasteiger partial charge in [-0.2, -0.15) is 0 Å². The van der Waals surface area contributed by atoms with Gasteiger partial charge in [-0.1, -0.05) is 6.92 Å². The maximum absolute atomic E-state index is 12.1. The third-order valence-corrected chi connectivity index (χ3v) is 4.00. The van der Waals surface area contributed by atoms with Gasteiger partial charge in [-0.25, -0.2) is 4.79 Å². The average Bonchev–Trinajstić information content (AvgIpc) is 2.82. The van der Waals surface area contributed by atoms with E-state index in [4.69, 9.17) is 5.11 Å². The molecule has 1 aliphatic heterocycles. The van der Waals surface area contributed by atoms with Gasteiger partial charge in [-0.3, -0.25) is 9.59 Å². The Morgan fingerprint density at radius 2 is 1.86 bits per heavy atom. The number of urea groups is 1. The first-order chi connectivity index (χ1) is 9.81. The van der Waals surface area contributed by atoms with Gasteiger partial charge < -0.3 is 20.2 Å². The predicted molar refractivity (Wildman–Crippen MR) is 77.8 cm³/mol. The highest BCUT2D eigenvalue weighted by Crippen LogP contribution is 2.23. The van der Waals surface area contributed by atoms with Gasteiger partial charge in [0.25, 0.3) is 0 Å². The highest BCUT2D eigenvalue weighted by atomic mass is 16.4. The lowest BCUT2D eigenvalue weighted by atomic mass is 9.99. The summed E-state index contributed by atoms with van der Waals surface area (Å²) in [7, 11) is 0. The van der Waals surface area contributed by atoms with Crippen molar-refractivity contribution < 1.29 is 19.5 Å². The molecule has 0 aliphatic carbocycles. The number of likely N-dealkylation sites (tertiary alicyclic amines) is 1. The van der Waals surface area contributed by atoms with Crippen molar-refractivity contribution in [3.8, 4) is 0 Å². The number of carboxylic acid groups (broad SMARTS) is 1. The van der Waals surface area contributed by atoms with Gasteiger partial charge >= 0.3 is 12.0 Å². The van der Waals surface area contributed by atoms with E-state index in [2.05, 4.69) is 5.32 Å². The van der Waals surface area contributed by atoms with E-state index >= 15 is 0 Å². The van der Waals surface area contributed by atoms with Crippen LogP contribution in [0.4, 0.5) is 4.79 Å². The molecule has 0 aromatic rings. The quantitative estimate of drug-likeness (QED) is 0.778. The van der Waals surface area contributed by atoms with E-state index in [9.17, 15) is 14.4 Å². The van der Waals surface area contributed by atoms with E-state index in [0.29, 0.717) is 19.6 Å². The van der Waals surface area contributed by atoms with Crippen LogP contribution in [-0.4, -0.2) is 65.0 Å². The molecule has 7 heteroatoms. The summed E-state index contributed by atoms with van der Waals surface area (Å²) in [5.74, 6) is -1.63. The number of hydrogen-bond acceptors (Lipinski definition) is 3. The van der Waals surface area contributed by atoms with Crippen molar-refractivity contribution in [2.45, 2.75) is 33.7 Å². The van der Waals surface area contributed by atoms with Gasteiger partial charge in [0.15, 0.2) is 0 Å². The highest BCUT2D eigenvalue weighted by Gasteiger charge is 2.37. The molecule has 1 saturated heterocycles. The number of carbonyl (C=O) groups is 3. The second-order valence-electron chi connectivity index (χ2n) is 5.51. The second-order valence-corrected chi connectivity index (χ2v) is 5.51. The van der Waals surface area contributed by atoms with Gasteiger partial charge in [0.2, 0.25) is 5.91 Å². The molecule has 21 heavy (non-hydrogen) atoms. The maximum Gasteiger partial charge on any atom is 0.318 e. The van der Waals surface area contributed by atoms with Crippen LogP contribution in [0.1, 0.15) is 27.7 Å². The molecule has 0 aromatic heterocycles. The predicted octanol–water partition coefficient (Wildman–Crippen LogP) is 0.605. The van der Waals surface area contributed by atoms with E-state index in [-0.39, 0.29) is 24.4 Å². The van der Waals surface area contributed by atoms with Crippen molar-refractivity contribution in [1.82, 2.24) is 15.1 Å². The molecule has 2 N–H and O–H groups in total. The van der Waals surface area contributed by atoms with Crippen LogP contribution in [0.2, 0.25) is 0 Å². The third kappa shape index (κ3) is 4.09. The van der Waals surface area contributed by atoms with Crippen LogP contribution in [0.5, 0.6) is 0 Å². The lowest BCUT2D eigenvalue weighted by Gasteiger charge is -2.25. The lowest BCUT2D eigenvalue weighted by molar-refractivity contribution is -0.142. The Labute approximate surface area is 125 Å². The smallest absolute Gasteiger partial charge is 0.318 e. The molecule has 3 amide bonds. The van der Waals surface area contributed by atoms with Crippen molar-refractivity contribution in [3.63, 3.8) is 0 Å². The maximum atomic E-state index is 12.1. The van der Waals surface area contributed by atoms with Crippen LogP contribution >= 0.6 is 0 Å². The first-order valence-corrected chi connectivity index (χ1v) is 7.38. The van der Waals surface area contributed by atoms with Crippen molar-refractivity contribution in [3.05, 3.63) is 0 Å². The molecule has 0 spiro atoms. The number of aliphatic carboxylic acids is 1. The van der Waals surface area contributed by atoms with Crippen LogP contribution in [0.25, 0.3) is 0 Å². The molecule has 0 aromatic carbocycles. The number of carboxylic acids is 1. The average molecular weight is 299 g/mol. The molecule has 1 fully saturated rings. The number of likely N-dealkylation sites (N-methyl/N-ethyl adjacent to an activating group) is 1. The number of nitrogens with one attached hydrogen (secondary N) is 1. The summed E-state index contributed by atoms with van der Waals surface area (Å²) in [5, 5.41) is 11.7. The molecule has 0 saturated carbocycles. The van der Waals surface area contributed by atoms with Gasteiger partial charge in [-0.05, 0) is 26.7 Å². The fraction of sp³-hybridized carbons (Fsp3) is 0.786. The first-order valence-electron chi connectivity index (χ1n) is 7.38. The monoisotopic (exact) mass is 299 g/mol. The van der Waals surface area contributed by atoms with Gasteiger partial charge in [-0.15, -0.1) is 0 Å². The van der Waals surface area contributed by atoms with E-state index in [1.54, 1.807) is 11.8 Å². The van der Waals surface area contributed by atoms with Crippen molar-refractivity contribution >= 4 is 17.9 Å². The standard InChI is InChI=1S/C14H25N3O4/c1-5-16(6-2)12(18)10(4)15-14(21)17-7-9(3)11(8-17)13(19)20/h9-11H,5-8H2,1-4H3,(H,15,21)(H,19,20)/t9-,10?,11-/m1/s1. The Balaban J connectivity index is 2.58. The Hall–Kier alpha value is -1.79. The normalized spacial score (nSPS) is 22.8. The molecule has 0 radical (unpaired) electrons. The Bertz CT molecular complexity index is 409. The fourth-order valence-electron chi connectivity index (χ4n) is 2.60. The molecule has 1 unspecified atom stereocenters. The summed E-state index contributed by atoms with van der Waals surface area (Å²) >= 11 is 0. The first kappa shape index (κ1) is 17.3. The topological polar surface area (TPSA) is 90.0 Å². The van der Waals surface area contributed by atoms with Gasteiger partial charge in [0.05, 0.1) is 5.92 Å². The minimum Gasteiger partial charge on any atom is -0.481 e.